The second kappa shape index (κ2) is 9.64. The van der Waals surface area contributed by atoms with Crippen LogP contribution in [-0.2, 0) is 23.1 Å². The van der Waals surface area contributed by atoms with Crippen molar-refractivity contribution in [3.8, 4) is 0 Å². The number of carbonyl (C=O) groups is 1. The summed E-state index contributed by atoms with van der Waals surface area (Å²) in [6, 6.07) is 13.9. The van der Waals surface area contributed by atoms with Crippen LogP contribution >= 0.6 is 0 Å². The van der Waals surface area contributed by atoms with E-state index in [1.54, 1.807) is 37.0 Å². The fourth-order valence-corrected chi connectivity index (χ4v) is 4.64. The van der Waals surface area contributed by atoms with Crippen molar-refractivity contribution in [2.45, 2.75) is 31.8 Å². The molecule has 0 saturated carbocycles. The smallest absolute Gasteiger partial charge is 0.251 e. The topological polar surface area (TPSA) is 97.2 Å². The van der Waals surface area contributed by atoms with Crippen LogP contribution in [-0.4, -0.2) is 46.5 Å². The number of nitrogens with one attached hydrogen (secondary N) is 1. The molecule has 30 heavy (non-hydrogen) atoms. The Morgan fingerprint density at radius 3 is 2.50 bits per heavy atom. The maximum atomic E-state index is 12.7. The molecule has 0 radical (unpaired) electrons. The van der Waals surface area contributed by atoms with Gasteiger partial charge < -0.3 is 5.32 Å². The van der Waals surface area contributed by atoms with Gasteiger partial charge in [-0.05, 0) is 29.3 Å². The van der Waals surface area contributed by atoms with E-state index in [4.69, 9.17) is 0 Å². The molecular weight excluding hydrogens is 402 g/mol. The van der Waals surface area contributed by atoms with Crippen molar-refractivity contribution in [1.29, 1.82) is 0 Å². The minimum Gasteiger partial charge on any atom is -0.348 e. The number of benzene rings is 2. The molecular formula is C21H25N5O3S. The Kier molecular flexibility index (Phi) is 6.96. The summed E-state index contributed by atoms with van der Waals surface area (Å²) in [5, 5.41) is 6.95. The highest BCUT2D eigenvalue weighted by Gasteiger charge is 2.22. The lowest BCUT2D eigenvalue weighted by atomic mass is 10.1. The predicted molar refractivity (Wildman–Crippen MR) is 113 cm³/mol. The van der Waals surface area contributed by atoms with E-state index in [9.17, 15) is 13.2 Å². The highest BCUT2D eigenvalue weighted by molar-refractivity contribution is 7.89. The zero-order valence-electron chi connectivity index (χ0n) is 17.0. The summed E-state index contributed by atoms with van der Waals surface area (Å²) in [6.07, 6.45) is 3.13. The second-order valence-corrected chi connectivity index (χ2v) is 8.65. The van der Waals surface area contributed by atoms with Crippen molar-refractivity contribution in [1.82, 2.24) is 24.4 Å². The van der Waals surface area contributed by atoms with Crippen LogP contribution < -0.4 is 5.32 Å². The van der Waals surface area contributed by atoms with Crippen LogP contribution in [0.2, 0.25) is 0 Å². The number of hydrogen-bond acceptors (Lipinski definition) is 5. The van der Waals surface area contributed by atoms with Gasteiger partial charge in [0.1, 0.15) is 12.7 Å². The molecule has 2 aromatic carbocycles. The van der Waals surface area contributed by atoms with E-state index in [1.807, 2.05) is 24.3 Å². The lowest BCUT2D eigenvalue weighted by Crippen LogP contribution is -2.31. The molecule has 0 aliphatic rings. The third kappa shape index (κ3) is 5.11. The van der Waals surface area contributed by atoms with Gasteiger partial charge in [0.25, 0.3) is 5.91 Å². The molecule has 0 fully saturated rings. The molecule has 0 aliphatic heterocycles. The molecule has 0 saturated heterocycles. The average molecular weight is 428 g/mol. The van der Waals surface area contributed by atoms with Crippen molar-refractivity contribution < 1.29 is 13.2 Å². The normalized spacial score (nSPS) is 11.6. The van der Waals surface area contributed by atoms with Gasteiger partial charge in [0, 0.05) is 25.2 Å². The van der Waals surface area contributed by atoms with Crippen LogP contribution in [0.5, 0.6) is 0 Å². The maximum Gasteiger partial charge on any atom is 0.251 e. The Hall–Kier alpha value is -3.04. The molecule has 3 aromatic rings. The minimum absolute atomic E-state index is 0.119. The highest BCUT2D eigenvalue weighted by atomic mass is 32.2. The summed E-state index contributed by atoms with van der Waals surface area (Å²) in [5.74, 6) is -0.326. The maximum absolute atomic E-state index is 12.7. The molecule has 0 bridgehead atoms. The third-order valence-corrected chi connectivity index (χ3v) is 6.74. The molecule has 1 N–H and O–H groups in total. The van der Waals surface area contributed by atoms with E-state index < -0.39 is 10.0 Å². The van der Waals surface area contributed by atoms with Gasteiger partial charge in [-0.2, -0.15) is 9.40 Å². The lowest BCUT2D eigenvalue weighted by Gasteiger charge is -2.18. The lowest BCUT2D eigenvalue weighted by molar-refractivity contribution is 0.0950. The molecule has 0 unspecified atom stereocenters. The quantitative estimate of drug-likeness (QED) is 0.565. The first-order valence-electron chi connectivity index (χ1n) is 9.72. The third-order valence-electron chi connectivity index (χ3n) is 4.70. The first-order chi connectivity index (χ1) is 14.4. The number of rotatable bonds is 9. The predicted octanol–water partition coefficient (Wildman–Crippen LogP) is 2.29. The van der Waals surface area contributed by atoms with Crippen LogP contribution in [0.3, 0.4) is 0 Å². The van der Waals surface area contributed by atoms with Crippen molar-refractivity contribution in [3.63, 3.8) is 0 Å². The summed E-state index contributed by atoms with van der Waals surface area (Å²) in [6.45, 7) is 5.24. The fourth-order valence-electron chi connectivity index (χ4n) is 3.13. The summed E-state index contributed by atoms with van der Waals surface area (Å²) < 4.78 is 28.5. The Morgan fingerprint density at radius 1 is 1.07 bits per heavy atom. The Bertz CT molecular complexity index is 1090. The van der Waals surface area contributed by atoms with Gasteiger partial charge in [0.05, 0.1) is 11.4 Å². The molecule has 0 atom stereocenters. The van der Waals surface area contributed by atoms with Gasteiger partial charge in [-0.1, -0.05) is 44.2 Å². The van der Waals surface area contributed by atoms with Crippen LogP contribution in [0.25, 0.3) is 0 Å². The van der Waals surface area contributed by atoms with E-state index in [2.05, 4.69) is 15.4 Å². The van der Waals surface area contributed by atoms with Crippen molar-refractivity contribution in [3.05, 3.63) is 77.9 Å². The highest BCUT2D eigenvalue weighted by Crippen LogP contribution is 2.17. The van der Waals surface area contributed by atoms with Gasteiger partial charge in [0.2, 0.25) is 10.0 Å². The van der Waals surface area contributed by atoms with Gasteiger partial charge in [0.15, 0.2) is 0 Å². The minimum atomic E-state index is -3.61. The van der Waals surface area contributed by atoms with Crippen LogP contribution in [0.4, 0.5) is 0 Å². The number of hydrogen-bond donors (Lipinski definition) is 1. The summed E-state index contributed by atoms with van der Waals surface area (Å²) in [5.41, 5.74) is 2.29. The van der Waals surface area contributed by atoms with Gasteiger partial charge >= 0.3 is 0 Å². The SMILES string of the molecule is CCN(CC)S(=O)(=O)c1cccc(C(=O)NCc2cccc(Cn3cncn3)c2)c1. The Balaban J connectivity index is 1.68. The van der Waals surface area contributed by atoms with E-state index in [-0.39, 0.29) is 10.8 Å². The largest absolute Gasteiger partial charge is 0.348 e. The second-order valence-electron chi connectivity index (χ2n) is 6.71. The van der Waals surface area contributed by atoms with E-state index in [1.165, 1.54) is 22.8 Å². The molecule has 1 amide bonds. The van der Waals surface area contributed by atoms with E-state index >= 15 is 0 Å². The summed E-state index contributed by atoms with van der Waals surface area (Å²) in [7, 11) is -3.61. The standard InChI is InChI=1S/C21H25N5O3S/c1-3-26(4-2)30(28,29)20-10-6-9-19(12-20)21(27)23-13-17-7-5-8-18(11-17)14-25-16-22-15-24-25/h5-12,15-16H,3-4,13-14H2,1-2H3,(H,23,27). The molecule has 3 rings (SSSR count). The summed E-state index contributed by atoms with van der Waals surface area (Å²) >= 11 is 0. The fraction of sp³-hybridized carbons (Fsp3) is 0.286. The average Bonchev–Trinajstić information content (AvgIpc) is 3.26. The summed E-state index contributed by atoms with van der Waals surface area (Å²) in [4.78, 5) is 16.7. The van der Waals surface area contributed by atoms with Crippen LogP contribution in [0.15, 0.2) is 66.1 Å². The van der Waals surface area contributed by atoms with E-state index in [0.717, 1.165) is 11.1 Å². The molecule has 1 aromatic heterocycles. The molecule has 0 aliphatic carbocycles. The van der Waals surface area contributed by atoms with Gasteiger partial charge in [-0.3, -0.25) is 4.79 Å². The Labute approximate surface area is 176 Å². The molecule has 1 heterocycles. The number of sulfonamides is 1. The van der Waals surface area contributed by atoms with Gasteiger partial charge in [-0.15, -0.1) is 0 Å². The number of aromatic nitrogens is 3. The molecule has 9 heteroatoms. The number of nitrogens with zero attached hydrogens (tertiary/aromatic N) is 4. The van der Waals surface area contributed by atoms with Crippen LogP contribution in [0.1, 0.15) is 35.3 Å². The van der Waals surface area contributed by atoms with E-state index in [0.29, 0.717) is 31.7 Å². The van der Waals surface area contributed by atoms with Crippen molar-refractivity contribution >= 4 is 15.9 Å². The van der Waals surface area contributed by atoms with Crippen LogP contribution in [0, 0.1) is 0 Å². The molecule has 158 valence electrons. The Morgan fingerprint density at radius 2 is 1.80 bits per heavy atom. The number of carbonyl (C=O) groups excluding carboxylic acids is 1. The first-order valence-corrected chi connectivity index (χ1v) is 11.2. The zero-order valence-corrected chi connectivity index (χ0v) is 17.8. The number of amides is 1. The molecule has 8 nitrogen and oxygen atoms in total. The van der Waals surface area contributed by atoms with Crippen molar-refractivity contribution in [2.24, 2.45) is 0 Å². The van der Waals surface area contributed by atoms with Crippen molar-refractivity contribution in [2.75, 3.05) is 13.1 Å². The molecule has 0 spiro atoms. The zero-order chi connectivity index (χ0) is 21.6. The first kappa shape index (κ1) is 21.7. The van der Waals surface area contributed by atoms with Gasteiger partial charge in [-0.25, -0.2) is 18.1 Å². The monoisotopic (exact) mass is 427 g/mol.